The lowest BCUT2D eigenvalue weighted by molar-refractivity contribution is -0.384. The molecule has 1 aliphatic heterocycles. The number of hydrogen-bond donors (Lipinski definition) is 1. The van der Waals surface area contributed by atoms with Gasteiger partial charge in [-0.2, -0.15) is 0 Å². The number of aliphatic hydroxyl groups is 1. The molecule has 7 nitrogen and oxygen atoms in total. The quantitative estimate of drug-likeness (QED) is 0.575. The number of halogens is 2. The molecule has 1 N–H and O–H groups in total. The molecule has 0 aliphatic carbocycles. The van der Waals surface area contributed by atoms with Crippen LogP contribution in [0.1, 0.15) is 0 Å². The second-order valence-electron chi connectivity index (χ2n) is 6.60. The molecule has 0 radical (unpaired) electrons. The van der Waals surface area contributed by atoms with Gasteiger partial charge in [0.2, 0.25) is 0 Å². The highest BCUT2D eigenvalue weighted by atomic mass is 19.1. The maximum Gasteiger partial charge on any atom is 0.269 e. The summed E-state index contributed by atoms with van der Waals surface area (Å²) in [4.78, 5) is 14.0. The Hall–Kier alpha value is -2.78. The van der Waals surface area contributed by atoms with Crippen LogP contribution in [0.25, 0.3) is 0 Å². The smallest absolute Gasteiger partial charge is 0.269 e. The van der Waals surface area contributed by atoms with E-state index in [4.69, 9.17) is 4.74 Å². The predicted octanol–water partition coefficient (Wildman–Crippen LogP) is 2.43. The number of ether oxygens (including phenoxy) is 1. The van der Waals surface area contributed by atoms with E-state index in [1.54, 1.807) is 0 Å². The van der Waals surface area contributed by atoms with Gasteiger partial charge >= 0.3 is 0 Å². The lowest BCUT2D eigenvalue weighted by atomic mass is 10.2. The molecule has 1 saturated heterocycles. The normalized spacial score (nSPS) is 16.0. The van der Waals surface area contributed by atoms with Crippen LogP contribution in [-0.4, -0.2) is 60.4 Å². The molecule has 0 aromatic heterocycles. The van der Waals surface area contributed by atoms with Crippen LogP contribution < -0.4 is 9.64 Å². The number of nitro benzene ring substituents is 1. The number of nitrogens with zero attached hydrogens (tertiary/aromatic N) is 3. The van der Waals surface area contributed by atoms with Gasteiger partial charge in [-0.3, -0.25) is 15.0 Å². The van der Waals surface area contributed by atoms with Crippen molar-refractivity contribution >= 4 is 11.4 Å². The minimum absolute atomic E-state index is 0.0247. The monoisotopic (exact) mass is 393 g/mol. The van der Waals surface area contributed by atoms with Crippen molar-refractivity contribution in [3.05, 3.63) is 64.2 Å². The van der Waals surface area contributed by atoms with Crippen LogP contribution in [0.15, 0.2) is 42.5 Å². The van der Waals surface area contributed by atoms with E-state index < -0.39 is 22.7 Å². The van der Waals surface area contributed by atoms with Crippen molar-refractivity contribution in [2.45, 2.75) is 6.10 Å². The molecule has 1 heterocycles. The first-order valence-electron chi connectivity index (χ1n) is 8.90. The van der Waals surface area contributed by atoms with E-state index in [0.717, 1.165) is 6.07 Å². The zero-order valence-corrected chi connectivity index (χ0v) is 15.1. The minimum Gasteiger partial charge on any atom is -0.491 e. The molecule has 0 bridgehead atoms. The second kappa shape index (κ2) is 8.94. The summed E-state index contributed by atoms with van der Waals surface area (Å²) in [5.74, 6) is -0.734. The van der Waals surface area contributed by atoms with Gasteiger partial charge < -0.3 is 14.7 Å². The maximum absolute atomic E-state index is 13.9. The summed E-state index contributed by atoms with van der Waals surface area (Å²) < 4.78 is 32.4. The van der Waals surface area contributed by atoms with Crippen molar-refractivity contribution in [2.75, 3.05) is 44.2 Å². The van der Waals surface area contributed by atoms with Gasteiger partial charge in [-0.1, -0.05) is 0 Å². The van der Waals surface area contributed by atoms with E-state index in [1.807, 2.05) is 9.80 Å². The van der Waals surface area contributed by atoms with Gasteiger partial charge in [-0.15, -0.1) is 0 Å². The third-order valence-electron chi connectivity index (χ3n) is 4.58. The molecule has 1 fully saturated rings. The van der Waals surface area contributed by atoms with Crippen LogP contribution >= 0.6 is 0 Å². The molecule has 2 aromatic rings. The Morgan fingerprint density at radius 3 is 2.39 bits per heavy atom. The highest BCUT2D eigenvalue weighted by Crippen LogP contribution is 2.22. The molecule has 0 saturated carbocycles. The van der Waals surface area contributed by atoms with E-state index >= 15 is 0 Å². The summed E-state index contributed by atoms with van der Waals surface area (Å²) in [7, 11) is 0. The average molecular weight is 393 g/mol. The van der Waals surface area contributed by atoms with Gasteiger partial charge in [0.05, 0.1) is 10.6 Å². The van der Waals surface area contributed by atoms with Gasteiger partial charge in [-0.05, 0) is 24.3 Å². The summed E-state index contributed by atoms with van der Waals surface area (Å²) >= 11 is 0. The summed E-state index contributed by atoms with van der Waals surface area (Å²) in [6.45, 7) is 2.85. The zero-order valence-electron chi connectivity index (χ0n) is 15.1. The standard InChI is InChI=1S/C19H21F2N3O4/c20-14-1-6-19(18(21)11-14)23-9-7-22(8-10-23)12-16(25)13-28-17-4-2-15(3-5-17)24(26)27/h1-6,11,16,25H,7-10,12-13H2. The molecule has 0 spiro atoms. The van der Waals surface area contributed by atoms with Crippen molar-refractivity contribution in [1.29, 1.82) is 0 Å². The number of benzene rings is 2. The number of rotatable bonds is 7. The number of non-ortho nitro benzene ring substituents is 1. The Morgan fingerprint density at radius 2 is 1.79 bits per heavy atom. The van der Waals surface area contributed by atoms with Gasteiger partial charge in [0.25, 0.3) is 5.69 Å². The molecule has 0 amide bonds. The Bertz CT molecular complexity index is 811. The number of β-amino-alcohol motifs (C(OH)–C–C–N with tert-alkyl or cyclic N) is 1. The summed E-state index contributed by atoms with van der Waals surface area (Å²) in [5, 5.41) is 20.8. The summed E-state index contributed by atoms with van der Waals surface area (Å²) in [6.07, 6.45) is -0.732. The highest BCUT2D eigenvalue weighted by Gasteiger charge is 2.21. The number of hydrogen-bond acceptors (Lipinski definition) is 6. The number of piperazine rings is 1. The second-order valence-corrected chi connectivity index (χ2v) is 6.60. The first-order valence-corrected chi connectivity index (χ1v) is 8.90. The van der Waals surface area contributed by atoms with E-state index in [1.165, 1.54) is 36.4 Å². The Kier molecular flexibility index (Phi) is 6.37. The van der Waals surface area contributed by atoms with E-state index in [9.17, 15) is 24.0 Å². The number of nitro groups is 1. The number of anilines is 1. The van der Waals surface area contributed by atoms with E-state index in [2.05, 4.69) is 0 Å². The van der Waals surface area contributed by atoms with Crippen molar-refractivity contribution in [2.24, 2.45) is 0 Å². The summed E-state index contributed by atoms with van der Waals surface area (Å²) in [6, 6.07) is 9.21. The molecule has 1 unspecified atom stereocenters. The average Bonchev–Trinajstić information content (AvgIpc) is 2.67. The molecule has 1 atom stereocenters. The fraction of sp³-hybridized carbons (Fsp3) is 0.368. The molecule has 2 aromatic carbocycles. The summed E-state index contributed by atoms with van der Waals surface area (Å²) in [5.41, 5.74) is 0.353. The predicted molar refractivity (Wildman–Crippen MR) is 99.6 cm³/mol. The Labute approximate surface area is 160 Å². The first kappa shape index (κ1) is 20.0. The molecular weight excluding hydrogens is 372 g/mol. The van der Waals surface area contributed by atoms with Crippen molar-refractivity contribution in [3.63, 3.8) is 0 Å². The van der Waals surface area contributed by atoms with Gasteiger partial charge in [0.1, 0.15) is 30.1 Å². The molecule has 9 heteroatoms. The largest absolute Gasteiger partial charge is 0.491 e. The van der Waals surface area contributed by atoms with Crippen molar-refractivity contribution in [3.8, 4) is 5.75 Å². The molecule has 1 aliphatic rings. The van der Waals surface area contributed by atoms with Crippen LogP contribution in [0.4, 0.5) is 20.2 Å². The van der Waals surface area contributed by atoms with Gasteiger partial charge in [-0.25, -0.2) is 8.78 Å². The van der Waals surface area contributed by atoms with Gasteiger partial charge in [0, 0.05) is 50.9 Å². The van der Waals surface area contributed by atoms with Crippen LogP contribution in [-0.2, 0) is 0 Å². The van der Waals surface area contributed by atoms with Gasteiger partial charge in [0.15, 0.2) is 0 Å². The SMILES string of the molecule is O=[N+]([O-])c1ccc(OCC(O)CN2CCN(c3ccc(F)cc3F)CC2)cc1. The van der Waals surface area contributed by atoms with Crippen LogP contribution in [0.2, 0.25) is 0 Å². The minimum atomic E-state index is -0.732. The fourth-order valence-electron chi connectivity index (χ4n) is 3.12. The van der Waals surface area contributed by atoms with E-state index in [-0.39, 0.29) is 12.3 Å². The highest BCUT2D eigenvalue weighted by molar-refractivity contribution is 5.48. The lowest BCUT2D eigenvalue weighted by Gasteiger charge is -2.36. The third-order valence-corrected chi connectivity index (χ3v) is 4.58. The zero-order chi connectivity index (χ0) is 20.1. The van der Waals surface area contributed by atoms with E-state index in [0.29, 0.717) is 44.2 Å². The van der Waals surface area contributed by atoms with Crippen LogP contribution in [0.3, 0.4) is 0 Å². The third kappa shape index (κ3) is 5.14. The number of aliphatic hydroxyl groups excluding tert-OH is 1. The van der Waals surface area contributed by atoms with Crippen LogP contribution in [0.5, 0.6) is 5.75 Å². The van der Waals surface area contributed by atoms with Crippen LogP contribution in [0, 0.1) is 21.7 Å². The lowest BCUT2D eigenvalue weighted by Crippen LogP contribution is -2.49. The topological polar surface area (TPSA) is 79.1 Å². The Balaban J connectivity index is 1.43. The molecular formula is C19H21F2N3O4. The molecule has 28 heavy (non-hydrogen) atoms. The molecule has 3 rings (SSSR count). The first-order chi connectivity index (χ1) is 13.4. The van der Waals surface area contributed by atoms with Crippen molar-refractivity contribution in [1.82, 2.24) is 4.90 Å². The fourth-order valence-corrected chi connectivity index (χ4v) is 3.12. The molecule has 150 valence electrons. The maximum atomic E-state index is 13.9. The Morgan fingerprint density at radius 1 is 1.11 bits per heavy atom. The van der Waals surface area contributed by atoms with Crippen molar-refractivity contribution < 1.29 is 23.5 Å².